The van der Waals surface area contributed by atoms with E-state index in [-0.39, 0.29) is 10.8 Å². The van der Waals surface area contributed by atoms with Gasteiger partial charge in [-0.1, -0.05) is 26.0 Å². The molecule has 2 heterocycles. The van der Waals surface area contributed by atoms with Crippen molar-refractivity contribution in [1.82, 2.24) is 4.31 Å². The van der Waals surface area contributed by atoms with Crippen molar-refractivity contribution in [3.63, 3.8) is 0 Å². The normalized spacial score (nSPS) is 22.5. The minimum Gasteiger partial charge on any atom is -0.371 e. The van der Waals surface area contributed by atoms with Gasteiger partial charge in [0.1, 0.15) is 0 Å². The number of amides is 1. The molecule has 2 aromatic rings. The van der Waals surface area contributed by atoms with E-state index in [4.69, 9.17) is 0 Å². The number of anilines is 2. The maximum Gasteiger partial charge on any atom is 0.255 e. The molecule has 2 unspecified atom stereocenters. The van der Waals surface area contributed by atoms with E-state index >= 15 is 0 Å². The van der Waals surface area contributed by atoms with Gasteiger partial charge in [0.15, 0.2) is 0 Å². The van der Waals surface area contributed by atoms with Gasteiger partial charge in [-0.15, -0.1) is 0 Å². The van der Waals surface area contributed by atoms with Crippen molar-refractivity contribution in [2.75, 3.05) is 36.4 Å². The molecule has 2 atom stereocenters. The number of hydrogen-bond donors (Lipinski definition) is 1. The molecular formula is C24H31N3O3S. The van der Waals surface area contributed by atoms with Crippen LogP contribution in [-0.4, -0.2) is 44.8 Å². The third-order valence-corrected chi connectivity index (χ3v) is 7.97. The lowest BCUT2D eigenvalue weighted by atomic mass is 9.94. The quantitative estimate of drug-likeness (QED) is 0.755. The maximum atomic E-state index is 13.2. The van der Waals surface area contributed by atoms with Gasteiger partial charge >= 0.3 is 0 Å². The summed E-state index contributed by atoms with van der Waals surface area (Å²) >= 11 is 0. The van der Waals surface area contributed by atoms with Crippen LogP contribution in [0.25, 0.3) is 0 Å². The number of rotatable bonds is 5. The summed E-state index contributed by atoms with van der Waals surface area (Å²) in [5.41, 5.74) is 2.15. The standard InChI is InChI=1S/C24H31N3O3S/c1-18-13-19(2)17-27(16-18)31(29,30)23-10-5-7-20(14-23)24(28)25-21-8-6-9-22(15-21)26-11-3-4-12-26/h5-10,14-15,18-19H,3-4,11-13,16-17H2,1-2H3,(H,25,28). The van der Waals surface area contributed by atoms with Crippen LogP contribution in [0.1, 0.15) is 43.5 Å². The van der Waals surface area contributed by atoms with E-state index in [2.05, 4.69) is 30.1 Å². The Hall–Kier alpha value is -2.38. The molecule has 6 nitrogen and oxygen atoms in total. The molecule has 0 aliphatic carbocycles. The van der Waals surface area contributed by atoms with Crippen molar-refractivity contribution in [1.29, 1.82) is 0 Å². The van der Waals surface area contributed by atoms with Crippen molar-refractivity contribution in [3.8, 4) is 0 Å². The molecular weight excluding hydrogens is 410 g/mol. The number of benzene rings is 2. The Kier molecular flexibility index (Phi) is 6.34. The van der Waals surface area contributed by atoms with Crippen molar-refractivity contribution >= 4 is 27.3 Å². The second-order valence-corrected chi connectivity index (χ2v) is 10.9. The van der Waals surface area contributed by atoms with Crippen LogP contribution in [0.5, 0.6) is 0 Å². The Morgan fingerprint density at radius 3 is 2.35 bits per heavy atom. The van der Waals surface area contributed by atoms with E-state index < -0.39 is 10.0 Å². The first-order valence-corrected chi connectivity index (χ1v) is 12.5. The summed E-state index contributed by atoms with van der Waals surface area (Å²) in [6, 6.07) is 14.2. The fraction of sp³-hybridized carbons (Fsp3) is 0.458. The van der Waals surface area contributed by atoms with E-state index in [0.29, 0.717) is 36.2 Å². The molecule has 0 radical (unpaired) electrons. The minimum atomic E-state index is -3.63. The van der Waals surface area contributed by atoms with Gasteiger partial charge in [-0.25, -0.2) is 8.42 Å². The number of nitrogens with zero attached hydrogens (tertiary/aromatic N) is 2. The van der Waals surface area contributed by atoms with Crippen LogP contribution in [-0.2, 0) is 10.0 Å². The molecule has 2 aliphatic heterocycles. The molecule has 2 saturated heterocycles. The van der Waals surface area contributed by atoms with Crippen molar-refractivity contribution in [2.45, 2.75) is 38.0 Å². The largest absolute Gasteiger partial charge is 0.371 e. The molecule has 7 heteroatoms. The zero-order chi connectivity index (χ0) is 22.0. The lowest BCUT2D eigenvalue weighted by Gasteiger charge is -2.34. The number of sulfonamides is 1. The van der Waals surface area contributed by atoms with Gasteiger partial charge < -0.3 is 10.2 Å². The van der Waals surface area contributed by atoms with Gasteiger partial charge in [0.25, 0.3) is 5.91 Å². The molecule has 1 amide bonds. The van der Waals surface area contributed by atoms with Gasteiger partial charge in [-0.2, -0.15) is 4.31 Å². The van der Waals surface area contributed by atoms with Gasteiger partial charge in [0.2, 0.25) is 10.0 Å². The summed E-state index contributed by atoms with van der Waals surface area (Å²) in [6.07, 6.45) is 3.41. The molecule has 166 valence electrons. The SMILES string of the molecule is CC1CC(C)CN(S(=O)(=O)c2cccc(C(=O)Nc3cccc(N4CCCC4)c3)c2)C1. The summed E-state index contributed by atoms with van der Waals surface area (Å²) in [7, 11) is -3.63. The predicted molar refractivity (Wildman–Crippen MR) is 124 cm³/mol. The Bertz CT molecular complexity index is 1040. The zero-order valence-electron chi connectivity index (χ0n) is 18.3. The van der Waals surface area contributed by atoms with Crippen LogP contribution in [0.3, 0.4) is 0 Å². The lowest BCUT2D eigenvalue weighted by Crippen LogP contribution is -2.42. The monoisotopic (exact) mass is 441 g/mol. The first-order valence-electron chi connectivity index (χ1n) is 11.1. The molecule has 4 rings (SSSR count). The number of carbonyl (C=O) groups is 1. The van der Waals surface area contributed by atoms with Crippen LogP contribution in [0.4, 0.5) is 11.4 Å². The van der Waals surface area contributed by atoms with Crippen LogP contribution in [0.15, 0.2) is 53.4 Å². The van der Waals surface area contributed by atoms with Crippen molar-refractivity contribution in [2.24, 2.45) is 11.8 Å². The second-order valence-electron chi connectivity index (χ2n) is 8.99. The summed E-state index contributed by atoms with van der Waals surface area (Å²) in [5.74, 6) is 0.344. The number of piperidine rings is 1. The zero-order valence-corrected chi connectivity index (χ0v) is 19.1. The average Bonchev–Trinajstić information content (AvgIpc) is 3.28. The van der Waals surface area contributed by atoms with Crippen LogP contribution < -0.4 is 10.2 Å². The van der Waals surface area contributed by atoms with Crippen molar-refractivity contribution in [3.05, 3.63) is 54.1 Å². The summed E-state index contributed by atoms with van der Waals surface area (Å²) in [5, 5.41) is 2.92. The summed E-state index contributed by atoms with van der Waals surface area (Å²) in [4.78, 5) is 15.4. The Balaban J connectivity index is 1.51. The van der Waals surface area contributed by atoms with E-state index in [0.717, 1.165) is 25.2 Å². The second kappa shape index (κ2) is 9.01. The molecule has 2 fully saturated rings. The third kappa shape index (κ3) is 4.93. The lowest BCUT2D eigenvalue weighted by molar-refractivity contribution is 0.102. The van der Waals surface area contributed by atoms with E-state index in [1.807, 2.05) is 18.2 Å². The highest BCUT2D eigenvalue weighted by molar-refractivity contribution is 7.89. The molecule has 2 aliphatic rings. The number of hydrogen-bond acceptors (Lipinski definition) is 4. The van der Waals surface area contributed by atoms with Crippen LogP contribution in [0.2, 0.25) is 0 Å². The smallest absolute Gasteiger partial charge is 0.255 e. The van der Waals surface area contributed by atoms with Gasteiger partial charge in [-0.05, 0) is 67.5 Å². The predicted octanol–water partition coefficient (Wildman–Crippen LogP) is 4.21. The highest BCUT2D eigenvalue weighted by atomic mass is 32.2. The Morgan fingerprint density at radius 2 is 1.65 bits per heavy atom. The van der Waals surface area contributed by atoms with E-state index in [1.165, 1.54) is 18.9 Å². The van der Waals surface area contributed by atoms with Crippen molar-refractivity contribution < 1.29 is 13.2 Å². The highest BCUT2D eigenvalue weighted by Crippen LogP contribution is 2.27. The van der Waals surface area contributed by atoms with Gasteiger partial charge in [0.05, 0.1) is 4.90 Å². The fourth-order valence-electron chi connectivity index (χ4n) is 4.71. The average molecular weight is 442 g/mol. The van der Waals surface area contributed by atoms with E-state index in [9.17, 15) is 13.2 Å². The fourth-order valence-corrected chi connectivity index (χ4v) is 6.43. The minimum absolute atomic E-state index is 0.173. The molecule has 31 heavy (non-hydrogen) atoms. The summed E-state index contributed by atoms with van der Waals surface area (Å²) < 4.78 is 27.9. The molecule has 2 aromatic carbocycles. The Labute approximate surface area is 185 Å². The van der Waals surface area contributed by atoms with Crippen LogP contribution in [0, 0.1) is 11.8 Å². The Morgan fingerprint density at radius 1 is 0.968 bits per heavy atom. The molecule has 0 aromatic heterocycles. The number of nitrogens with one attached hydrogen (secondary N) is 1. The molecule has 0 bridgehead atoms. The molecule has 0 spiro atoms. The van der Waals surface area contributed by atoms with Gasteiger partial charge in [0, 0.05) is 43.1 Å². The number of carbonyl (C=O) groups excluding carboxylic acids is 1. The van der Waals surface area contributed by atoms with Gasteiger partial charge in [-0.3, -0.25) is 4.79 Å². The van der Waals surface area contributed by atoms with E-state index in [1.54, 1.807) is 22.5 Å². The summed E-state index contributed by atoms with van der Waals surface area (Å²) in [6.45, 7) is 7.27. The first kappa shape index (κ1) is 21.8. The maximum absolute atomic E-state index is 13.2. The highest BCUT2D eigenvalue weighted by Gasteiger charge is 2.32. The third-order valence-electron chi connectivity index (χ3n) is 6.14. The topological polar surface area (TPSA) is 69.7 Å². The first-order chi connectivity index (χ1) is 14.8. The molecule has 1 N–H and O–H groups in total. The molecule has 0 saturated carbocycles. The van der Waals surface area contributed by atoms with Crippen LogP contribution >= 0.6 is 0 Å².